The van der Waals surface area contributed by atoms with Crippen LogP contribution in [0.3, 0.4) is 0 Å². The summed E-state index contributed by atoms with van der Waals surface area (Å²) in [6, 6.07) is 7.68. The molecule has 1 amide bonds. The fourth-order valence-corrected chi connectivity index (χ4v) is 1.91. The van der Waals surface area contributed by atoms with Crippen LogP contribution in [-0.2, 0) is 11.3 Å². The van der Waals surface area contributed by atoms with Gasteiger partial charge in [-0.3, -0.25) is 4.79 Å². The lowest BCUT2D eigenvalue weighted by Crippen LogP contribution is -2.24. The lowest BCUT2D eigenvalue weighted by molar-refractivity contribution is -0.122. The molecule has 1 fully saturated rings. The van der Waals surface area contributed by atoms with E-state index in [4.69, 9.17) is 5.11 Å². The van der Waals surface area contributed by atoms with Crippen LogP contribution < -0.4 is 5.32 Å². The number of aliphatic hydroxyl groups excluding tert-OH is 1. The van der Waals surface area contributed by atoms with Gasteiger partial charge in [-0.05, 0) is 30.0 Å². The van der Waals surface area contributed by atoms with E-state index in [1.165, 1.54) is 0 Å². The molecule has 0 spiro atoms. The molecule has 0 heterocycles. The van der Waals surface area contributed by atoms with Crippen LogP contribution >= 0.6 is 0 Å². The molecule has 0 bridgehead atoms. The highest BCUT2D eigenvalue weighted by molar-refractivity contribution is 5.81. The number of carbonyl (C=O) groups is 1. The Morgan fingerprint density at radius 3 is 3.00 bits per heavy atom. The molecule has 0 radical (unpaired) electrons. The Balaban J connectivity index is 1.91. The molecule has 2 unspecified atom stereocenters. The van der Waals surface area contributed by atoms with Gasteiger partial charge >= 0.3 is 0 Å². The van der Waals surface area contributed by atoms with Gasteiger partial charge in [0.2, 0.25) is 5.91 Å². The number of hydrogen-bond acceptors (Lipinski definition) is 2. The minimum atomic E-state index is -0.138. The number of benzene rings is 1. The zero-order valence-electron chi connectivity index (χ0n) is 10.4. The summed E-state index contributed by atoms with van der Waals surface area (Å²) in [4.78, 5) is 11.7. The predicted octanol–water partition coefficient (Wildman–Crippen LogP) is 1.30. The normalized spacial score (nSPS) is 20.8. The average molecular weight is 243 g/mol. The van der Waals surface area contributed by atoms with Crippen LogP contribution in [0.2, 0.25) is 0 Å². The molecule has 0 saturated heterocycles. The molecule has 94 valence electrons. The van der Waals surface area contributed by atoms with Crippen molar-refractivity contribution in [2.24, 2.45) is 11.8 Å². The third kappa shape index (κ3) is 3.35. The first kappa shape index (κ1) is 12.7. The average Bonchev–Trinajstić information content (AvgIpc) is 3.11. The topological polar surface area (TPSA) is 49.3 Å². The Morgan fingerprint density at radius 2 is 2.33 bits per heavy atom. The molecule has 2 atom stereocenters. The van der Waals surface area contributed by atoms with Crippen molar-refractivity contribution >= 4 is 5.91 Å². The van der Waals surface area contributed by atoms with E-state index in [2.05, 4.69) is 24.1 Å². The number of aliphatic hydroxyl groups is 1. The molecule has 3 heteroatoms. The van der Waals surface area contributed by atoms with Crippen LogP contribution in [0.1, 0.15) is 24.5 Å². The van der Waals surface area contributed by atoms with Crippen molar-refractivity contribution in [3.05, 3.63) is 35.4 Å². The molecule has 0 aromatic heterocycles. The summed E-state index contributed by atoms with van der Waals surface area (Å²) in [5, 5.41) is 11.6. The molecular formula is C15H17NO2. The van der Waals surface area contributed by atoms with Gasteiger partial charge in [0, 0.05) is 18.0 Å². The fraction of sp³-hybridized carbons (Fsp3) is 0.400. The summed E-state index contributed by atoms with van der Waals surface area (Å²) in [6.45, 7) is 2.49. The molecule has 1 aromatic rings. The van der Waals surface area contributed by atoms with Gasteiger partial charge in [-0.1, -0.05) is 30.9 Å². The van der Waals surface area contributed by atoms with Crippen molar-refractivity contribution in [3.8, 4) is 11.8 Å². The van der Waals surface area contributed by atoms with E-state index in [1.54, 1.807) is 0 Å². The van der Waals surface area contributed by atoms with Crippen molar-refractivity contribution < 1.29 is 9.90 Å². The van der Waals surface area contributed by atoms with Crippen LogP contribution in [0, 0.1) is 23.7 Å². The van der Waals surface area contributed by atoms with E-state index < -0.39 is 0 Å². The minimum Gasteiger partial charge on any atom is -0.384 e. The van der Waals surface area contributed by atoms with E-state index >= 15 is 0 Å². The van der Waals surface area contributed by atoms with Crippen LogP contribution in [0.4, 0.5) is 0 Å². The van der Waals surface area contributed by atoms with Crippen molar-refractivity contribution in [2.45, 2.75) is 19.9 Å². The van der Waals surface area contributed by atoms with Crippen molar-refractivity contribution in [2.75, 3.05) is 6.61 Å². The summed E-state index contributed by atoms with van der Waals surface area (Å²) in [5.74, 6) is 6.35. The number of rotatable bonds is 3. The first-order chi connectivity index (χ1) is 8.70. The highest BCUT2D eigenvalue weighted by Gasteiger charge is 2.38. The molecule has 1 saturated carbocycles. The molecule has 1 aliphatic carbocycles. The largest absolute Gasteiger partial charge is 0.384 e. The molecule has 18 heavy (non-hydrogen) atoms. The second kappa shape index (κ2) is 5.70. The standard InChI is InChI=1S/C15H17NO2/c1-11-8-14(11)15(18)16-10-13-5-2-4-12(9-13)6-3-7-17/h2,4-5,9,11,14,17H,7-8,10H2,1H3,(H,16,18). The maximum absolute atomic E-state index is 11.7. The predicted molar refractivity (Wildman–Crippen MR) is 69.5 cm³/mol. The number of carbonyl (C=O) groups excluding carboxylic acids is 1. The van der Waals surface area contributed by atoms with E-state index in [-0.39, 0.29) is 18.4 Å². The van der Waals surface area contributed by atoms with E-state index in [9.17, 15) is 4.79 Å². The van der Waals surface area contributed by atoms with Crippen molar-refractivity contribution in [1.29, 1.82) is 0 Å². The maximum Gasteiger partial charge on any atom is 0.223 e. The number of amides is 1. The Kier molecular flexibility index (Phi) is 4.01. The number of nitrogens with one attached hydrogen (secondary N) is 1. The van der Waals surface area contributed by atoms with Crippen LogP contribution in [0.15, 0.2) is 24.3 Å². The minimum absolute atomic E-state index is 0.138. The third-order valence-electron chi connectivity index (χ3n) is 3.15. The molecule has 2 rings (SSSR count). The molecule has 2 N–H and O–H groups in total. The van der Waals surface area contributed by atoms with Gasteiger partial charge in [0.05, 0.1) is 0 Å². The Bertz CT molecular complexity index is 499. The first-order valence-electron chi connectivity index (χ1n) is 6.17. The lowest BCUT2D eigenvalue weighted by Gasteiger charge is -2.05. The highest BCUT2D eigenvalue weighted by Crippen LogP contribution is 2.37. The van der Waals surface area contributed by atoms with E-state index in [1.807, 2.05) is 24.3 Å². The van der Waals surface area contributed by atoms with Gasteiger partial charge in [-0.15, -0.1) is 0 Å². The molecular weight excluding hydrogens is 226 g/mol. The summed E-state index contributed by atoms with van der Waals surface area (Å²) in [7, 11) is 0. The molecule has 1 aliphatic rings. The highest BCUT2D eigenvalue weighted by atomic mass is 16.2. The van der Waals surface area contributed by atoms with Crippen LogP contribution in [0.25, 0.3) is 0 Å². The maximum atomic E-state index is 11.7. The summed E-state index contributed by atoms with van der Waals surface area (Å²) >= 11 is 0. The molecule has 1 aromatic carbocycles. The van der Waals surface area contributed by atoms with Gasteiger partial charge < -0.3 is 10.4 Å². The SMILES string of the molecule is CC1CC1C(=O)NCc1cccc(C#CCO)c1. The lowest BCUT2D eigenvalue weighted by atomic mass is 10.1. The Morgan fingerprint density at radius 1 is 1.56 bits per heavy atom. The van der Waals surface area contributed by atoms with Gasteiger partial charge in [0.15, 0.2) is 0 Å². The summed E-state index contributed by atoms with van der Waals surface area (Å²) < 4.78 is 0. The second-order valence-electron chi connectivity index (χ2n) is 4.70. The van der Waals surface area contributed by atoms with Gasteiger partial charge in [0.25, 0.3) is 0 Å². The molecule has 0 aliphatic heterocycles. The Labute approximate surface area is 107 Å². The monoisotopic (exact) mass is 243 g/mol. The van der Waals surface area contributed by atoms with E-state index in [0.29, 0.717) is 12.5 Å². The summed E-state index contributed by atoms with van der Waals surface area (Å²) in [6.07, 6.45) is 1.01. The molecule has 3 nitrogen and oxygen atoms in total. The Hall–Kier alpha value is -1.79. The first-order valence-corrected chi connectivity index (χ1v) is 6.17. The second-order valence-corrected chi connectivity index (χ2v) is 4.70. The smallest absolute Gasteiger partial charge is 0.223 e. The third-order valence-corrected chi connectivity index (χ3v) is 3.15. The van der Waals surface area contributed by atoms with Crippen LogP contribution in [-0.4, -0.2) is 17.6 Å². The van der Waals surface area contributed by atoms with Crippen LogP contribution in [0.5, 0.6) is 0 Å². The summed E-state index contributed by atoms with van der Waals surface area (Å²) in [5.41, 5.74) is 1.89. The van der Waals surface area contributed by atoms with E-state index in [0.717, 1.165) is 17.5 Å². The van der Waals surface area contributed by atoms with Gasteiger partial charge in [-0.25, -0.2) is 0 Å². The van der Waals surface area contributed by atoms with Gasteiger partial charge in [-0.2, -0.15) is 0 Å². The number of hydrogen-bond donors (Lipinski definition) is 2. The quantitative estimate of drug-likeness (QED) is 0.786. The zero-order valence-corrected chi connectivity index (χ0v) is 10.4. The zero-order chi connectivity index (χ0) is 13.0. The fourth-order valence-electron chi connectivity index (χ4n) is 1.91. The van der Waals surface area contributed by atoms with Crippen molar-refractivity contribution in [1.82, 2.24) is 5.32 Å². The van der Waals surface area contributed by atoms with Gasteiger partial charge in [0.1, 0.15) is 6.61 Å². The van der Waals surface area contributed by atoms with Crippen molar-refractivity contribution in [3.63, 3.8) is 0 Å².